The molecule has 9 heterocycles. The quantitative estimate of drug-likeness (QED) is 0.106. The Bertz CT molecular complexity index is 3510. The molecule has 20 heteroatoms. The number of carbonyl (C=O) groups is 7. The van der Waals surface area contributed by atoms with Gasteiger partial charge in [0.15, 0.2) is 5.82 Å². The van der Waals surface area contributed by atoms with Crippen molar-refractivity contribution in [3.8, 4) is 11.3 Å². The van der Waals surface area contributed by atoms with Crippen molar-refractivity contribution in [3.63, 3.8) is 0 Å². The number of hydrogen-bond acceptors (Lipinski definition) is 13. The number of carbonyl (C=O) groups excluding carboxylic acids is 7. The first kappa shape index (κ1) is 54.7. The van der Waals surface area contributed by atoms with Gasteiger partial charge in [0.05, 0.1) is 45.7 Å². The van der Waals surface area contributed by atoms with Gasteiger partial charge >= 0.3 is 0 Å². The molecular weight excluding hydrogens is 1060 g/mol. The lowest BCUT2D eigenvalue weighted by atomic mass is 9.73. The van der Waals surface area contributed by atoms with E-state index in [-0.39, 0.29) is 71.4 Å². The molecule has 7 aliphatic heterocycles. The number of imide groups is 2. The number of aryl methyl sites for hydroxylation is 1. The average molecular weight is 1130 g/mol. The minimum Gasteiger partial charge on any atom is -0.371 e. The third-order valence-electron chi connectivity index (χ3n) is 19.4. The topological polar surface area (TPSA) is 206 Å². The van der Waals surface area contributed by atoms with E-state index in [4.69, 9.17) is 9.97 Å². The number of halogens is 1. The highest BCUT2D eigenvalue weighted by Crippen LogP contribution is 2.53. The van der Waals surface area contributed by atoms with Crippen molar-refractivity contribution in [1.82, 2.24) is 44.8 Å². The molecule has 1 spiro atoms. The van der Waals surface area contributed by atoms with E-state index in [0.717, 1.165) is 79.3 Å². The Morgan fingerprint density at radius 1 is 0.771 bits per heavy atom. The van der Waals surface area contributed by atoms with E-state index in [1.165, 1.54) is 31.4 Å². The molecule has 3 aromatic carbocycles. The molecule has 7 amide bonds. The predicted molar refractivity (Wildman–Crippen MR) is 311 cm³/mol. The molecular formula is C63H73FN12O7. The summed E-state index contributed by atoms with van der Waals surface area (Å²) in [6, 6.07) is 16.0. The third kappa shape index (κ3) is 9.53. The molecule has 0 radical (unpaired) electrons. The first-order valence-electron chi connectivity index (χ1n) is 30.1. The fourth-order valence-electron chi connectivity index (χ4n) is 14.6. The molecule has 5 aromatic rings. The van der Waals surface area contributed by atoms with Crippen molar-refractivity contribution in [1.29, 1.82) is 0 Å². The second kappa shape index (κ2) is 21.2. The fraction of sp³-hybridized carbons (Fsp3) is 0.508. The number of piperidine rings is 4. The maximum Gasteiger partial charge on any atom is 0.262 e. The third-order valence-corrected chi connectivity index (χ3v) is 19.4. The highest BCUT2D eigenvalue weighted by atomic mass is 19.1. The number of nitrogens with zero attached hydrogens (tertiary/aromatic N) is 9. The minimum absolute atomic E-state index is 0.0111. The van der Waals surface area contributed by atoms with Crippen LogP contribution in [0.2, 0.25) is 0 Å². The number of fused-ring (bicyclic) bond motifs is 4. The Kier molecular flexibility index (Phi) is 14.0. The first-order valence-corrected chi connectivity index (χ1v) is 30.1. The second-order valence-electron chi connectivity index (χ2n) is 25.1. The maximum atomic E-state index is 15.9. The predicted octanol–water partition coefficient (Wildman–Crippen LogP) is 7.23. The van der Waals surface area contributed by atoms with Crippen molar-refractivity contribution in [3.05, 3.63) is 94.6 Å². The minimum atomic E-state index is -1.01. The highest BCUT2D eigenvalue weighted by Gasteiger charge is 2.56. The summed E-state index contributed by atoms with van der Waals surface area (Å²) in [6.07, 6.45) is 10.2. The van der Waals surface area contributed by atoms with Crippen LogP contribution < -0.4 is 25.8 Å². The molecule has 3 N–H and O–H groups in total. The van der Waals surface area contributed by atoms with E-state index < -0.39 is 40.9 Å². The van der Waals surface area contributed by atoms with E-state index >= 15 is 9.18 Å². The van der Waals surface area contributed by atoms with Crippen LogP contribution in [0.1, 0.15) is 147 Å². The number of imidazole rings is 1. The number of aromatic nitrogens is 3. The van der Waals surface area contributed by atoms with Crippen LogP contribution in [0, 0.1) is 18.7 Å². The van der Waals surface area contributed by atoms with Crippen LogP contribution in [0.25, 0.3) is 22.3 Å². The van der Waals surface area contributed by atoms with Gasteiger partial charge in [-0.15, -0.1) is 0 Å². The highest BCUT2D eigenvalue weighted by molar-refractivity contribution is 6.24. The Morgan fingerprint density at radius 3 is 2.22 bits per heavy atom. The summed E-state index contributed by atoms with van der Waals surface area (Å²) in [5.74, 6) is -2.36. The zero-order valence-corrected chi connectivity index (χ0v) is 48.0. The molecule has 5 saturated heterocycles. The summed E-state index contributed by atoms with van der Waals surface area (Å²) < 4.78 is 17.9. The summed E-state index contributed by atoms with van der Waals surface area (Å²) >= 11 is 0. The number of rotatable bonds is 12. The van der Waals surface area contributed by atoms with Gasteiger partial charge in [0, 0.05) is 98.4 Å². The Morgan fingerprint density at radius 2 is 1.51 bits per heavy atom. The van der Waals surface area contributed by atoms with E-state index in [1.54, 1.807) is 25.4 Å². The van der Waals surface area contributed by atoms with Gasteiger partial charge in [-0.1, -0.05) is 18.6 Å². The lowest BCUT2D eigenvalue weighted by Crippen LogP contribution is -2.61. The average Bonchev–Trinajstić information content (AvgIpc) is 3.11. The molecule has 1 unspecified atom stereocenters. The molecule has 13 rings (SSSR count). The molecule has 1 aliphatic carbocycles. The summed E-state index contributed by atoms with van der Waals surface area (Å²) in [5.41, 5.74) is 6.22. The summed E-state index contributed by atoms with van der Waals surface area (Å²) in [4.78, 5) is 117. The van der Waals surface area contributed by atoms with Crippen LogP contribution >= 0.6 is 0 Å². The normalized spacial score (nSPS) is 23.3. The standard InChI is InChI=1S/C63H73FN12O7/c1-35(2)66-57(78)45-30-50(48(64)25-37(45)5)68-56-55-51(65-34-74(55)36(3)4)31-49(67-56)38-9-12-47-53(26-38)75(43-27-42(28-43)70-19-7-6-8-20-70)62(83)63(47)17-23-72(24-18-63)59(80)39-32-73(33-39)40-15-21-71(22-16-40)41-10-11-44-46(29-41)61(82)76(60(44)81)52-13-14-54(77)69-58(52)79/h9-12,25-26,29-31,34-36,39-40,42-43,52H,6-8,13-24,27-28,32-33H2,1-5H3,(H,66,78)(H,67,68)(H,69,77,79). The van der Waals surface area contributed by atoms with Gasteiger partial charge in [0.1, 0.15) is 17.4 Å². The number of nitrogens with one attached hydrogen (secondary N) is 3. The second-order valence-corrected chi connectivity index (χ2v) is 25.1. The molecule has 8 aliphatic rings. The van der Waals surface area contributed by atoms with Crippen molar-refractivity contribution in [2.75, 3.05) is 67.5 Å². The summed E-state index contributed by atoms with van der Waals surface area (Å²) in [6.45, 7) is 15.6. The molecule has 6 fully saturated rings. The molecule has 1 saturated carbocycles. The largest absolute Gasteiger partial charge is 0.371 e. The lowest BCUT2D eigenvalue weighted by molar-refractivity contribution is -0.145. The number of pyridine rings is 1. The lowest BCUT2D eigenvalue weighted by Gasteiger charge is -2.49. The molecule has 19 nitrogen and oxygen atoms in total. The SMILES string of the molecule is Cc1cc(F)c(Nc2nc(-c3ccc4c(c3)N(C3CC(N5CCCCC5)C3)C(=O)C43CCN(C(=O)C4CN(C5CCN(c6ccc7c(c6)C(=O)N(C6CCC(=O)NC6=O)C7=O)CC5)C4)CC3)cc3ncn(C(C)C)c23)cc1C(=O)NC(C)C. The van der Waals surface area contributed by atoms with E-state index in [2.05, 4.69) is 47.7 Å². The summed E-state index contributed by atoms with van der Waals surface area (Å²) in [5, 5.41) is 8.46. The van der Waals surface area contributed by atoms with E-state index in [0.29, 0.717) is 84.8 Å². The molecule has 2 aromatic heterocycles. The van der Waals surface area contributed by atoms with Gasteiger partial charge in [-0.3, -0.25) is 48.7 Å². The zero-order chi connectivity index (χ0) is 57.7. The fourth-order valence-corrected chi connectivity index (χ4v) is 14.6. The van der Waals surface area contributed by atoms with Crippen molar-refractivity contribution in [2.45, 2.75) is 147 Å². The molecule has 434 valence electrons. The molecule has 1 atom stereocenters. The van der Waals surface area contributed by atoms with E-state index in [9.17, 15) is 28.8 Å². The van der Waals surface area contributed by atoms with Crippen molar-refractivity contribution in [2.24, 2.45) is 5.92 Å². The van der Waals surface area contributed by atoms with Crippen LogP contribution in [-0.4, -0.2) is 158 Å². The smallest absolute Gasteiger partial charge is 0.262 e. The van der Waals surface area contributed by atoms with E-state index in [1.807, 2.05) is 55.4 Å². The van der Waals surface area contributed by atoms with Gasteiger partial charge in [-0.2, -0.15) is 0 Å². The van der Waals surface area contributed by atoms with Crippen molar-refractivity contribution < 1.29 is 38.0 Å². The van der Waals surface area contributed by atoms with Gasteiger partial charge in [-0.25, -0.2) is 14.4 Å². The van der Waals surface area contributed by atoms with Gasteiger partial charge in [0.25, 0.3) is 17.7 Å². The molecule has 0 bridgehead atoms. The number of benzene rings is 3. The van der Waals surface area contributed by atoms with Gasteiger partial charge < -0.3 is 34.8 Å². The van der Waals surface area contributed by atoms with Crippen LogP contribution in [0.3, 0.4) is 0 Å². The Hall–Kier alpha value is -7.58. The number of anilines is 4. The molecule has 83 heavy (non-hydrogen) atoms. The van der Waals surface area contributed by atoms with Crippen molar-refractivity contribution >= 4 is 75.3 Å². The Labute approximate surface area is 482 Å². The van der Waals surface area contributed by atoms with Gasteiger partial charge in [-0.05, 0) is 159 Å². The number of likely N-dealkylation sites (tertiary alicyclic amines) is 3. The van der Waals surface area contributed by atoms with Crippen LogP contribution in [0.4, 0.5) is 27.3 Å². The monoisotopic (exact) mass is 1130 g/mol. The van der Waals surface area contributed by atoms with Crippen LogP contribution in [0.5, 0.6) is 0 Å². The zero-order valence-electron chi connectivity index (χ0n) is 48.0. The number of hydrogen-bond donors (Lipinski definition) is 3. The number of amides is 7. The van der Waals surface area contributed by atoms with Crippen LogP contribution in [0.15, 0.2) is 60.9 Å². The van der Waals surface area contributed by atoms with Gasteiger partial charge in [0.2, 0.25) is 23.6 Å². The summed E-state index contributed by atoms with van der Waals surface area (Å²) in [7, 11) is 0. The van der Waals surface area contributed by atoms with Crippen LogP contribution in [-0.2, 0) is 24.6 Å². The Balaban J connectivity index is 0.699. The first-order chi connectivity index (χ1) is 39.9. The maximum absolute atomic E-state index is 15.9.